The van der Waals surface area contributed by atoms with Gasteiger partial charge >= 0.3 is 12.0 Å². The molecule has 0 bridgehead atoms. The van der Waals surface area contributed by atoms with Crippen molar-refractivity contribution in [2.45, 2.75) is 26.7 Å². The summed E-state index contributed by atoms with van der Waals surface area (Å²) < 4.78 is 10.2. The van der Waals surface area contributed by atoms with Gasteiger partial charge in [-0.05, 0) is 32.6 Å². The van der Waals surface area contributed by atoms with Crippen molar-refractivity contribution in [1.82, 2.24) is 10.3 Å². The van der Waals surface area contributed by atoms with Crippen molar-refractivity contribution in [3.8, 4) is 0 Å². The van der Waals surface area contributed by atoms with E-state index in [1.165, 1.54) is 0 Å². The van der Waals surface area contributed by atoms with Crippen LogP contribution < -0.4 is 10.6 Å². The lowest BCUT2D eigenvalue weighted by Gasteiger charge is -2.22. The van der Waals surface area contributed by atoms with Crippen molar-refractivity contribution in [3.05, 3.63) is 10.6 Å². The number of carbonyl (C=O) groups is 2. The van der Waals surface area contributed by atoms with Crippen molar-refractivity contribution in [1.29, 1.82) is 0 Å². The summed E-state index contributed by atoms with van der Waals surface area (Å²) >= 11 is 1.12. The highest BCUT2D eigenvalue weighted by atomic mass is 32.1. The van der Waals surface area contributed by atoms with Gasteiger partial charge in [0.25, 0.3) is 0 Å². The molecule has 1 aromatic heterocycles. The summed E-state index contributed by atoms with van der Waals surface area (Å²) in [5, 5.41) is 5.88. The number of aromatic nitrogens is 1. The van der Waals surface area contributed by atoms with Gasteiger partial charge in [-0.3, -0.25) is 5.32 Å². The quantitative estimate of drug-likeness (QED) is 0.809. The van der Waals surface area contributed by atoms with E-state index in [4.69, 9.17) is 9.47 Å². The zero-order chi connectivity index (χ0) is 15.9. The van der Waals surface area contributed by atoms with Crippen LogP contribution in [0.2, 0.25) is 0 Å². The fraction of sp³-hybridized carbons (Fsp3) is 0.643. The highest BCUT2D eigenvalue weighted by molar-refractivity contribution is 7.17. The lowest BCUT2D eigenvalue weighted by Crippen LogP contribution is -2.35. The van der Waals surface area contributed by atoms with Crippen LogP contribution in [0.5, 0.6) is 0 Å². The Morgan fingerprint density at radius 1 is 1.41 bits per heavy atom. The van der Waals surface area contributed by atoms with E-state index in [1.807, 2.05) is 0 Å². The Morgan fingerprint density at radius 2 is 2.14 bits per heavy atom. The smallest absolute Gasteiger partial charge is 0.350 e. The molecule has 122 valence electrons. The van der Waals surface area contributed by atoms with Crippen LogP contribution in [0, 0.1) is 12.8 Å². The van der Waals surface area contributed by atoms with Gasteiger partial charge in [0, 0.05) is 19.8 Å². The molecule has 0 radical (unpaired) electrons. The zero-order valence-corrected chi connectivity index (χ0v) is 13.6. The number of hydrogen-bond acceptors (Lipinski definition) is 6. The van der Waals surface area contributed by atoms with Gasteiger partial charge in [0.15, 0.2) is 5.13 Å². The van der Waals surface area contributed by atoms with E-state index < -0.39 is 5.97 Å². The Balaban J connectivity index is 1.83. The molecule has 2 amide bonds. The third-order valence-corrected chi connectivity index (χ3v) is 4.42. The van der Waals surface area contributed by atoms with Crippen molar-refractivity contribution in [2.24, 2.45) is 5.92 Å². The minimum absolute atomic E-state index is 0.310. The lowest BCUT2D eigenvalue weighted by molar-refractivity contribution is 0.0531. The van der Waals surface area contributed by atoms with Crippen molar-refractivity contribution in [2.75, 3.05) is 31.7 Å². The van der Waals surface area contributed by atoms with Gasteiger partial charge in [-0.25, -0.2) is 14.6 Å². The van der Waals surface area contributed by atoms with Crippen molar-refractivity contribution < 1.29 is 19.1 Å². The number of hydrogen-bond donors (Lipinski definition) is 2. The summed E-state index contributed by atoms with van der Waals surface area (Å²) in [5.74, 6) is 0.0424. The third-order valence-electron chi connectivity index (χ3n) is 3.37. The largest absolute Gasteiger partial charge is 0.462 e. The number of nitrogens with one attached hydrogen (secondary N) is 2. The predicted molar refractivity (Wildman–Crippen MR) is 83.4 cm³/mol. The van der Waals surface area contributed by atoms with Crippen LogP contribution in [-0.4, -0.2) is 43.3 Å². The zero-order valence-electron chi connectivity index (χ0n) is 12.8. The minimum atomic E-state index is -0.409. The molecule has 1 aliphatic heterocycles. The van der Waals surface area contributed by atoms with Crippen LogP contribution in [0.15, 0.2) is 0 Å². The molecule has 0 aliphatic carbocycles. The standard InChI is InChI=1S/C14H21N3O4S/c1-3-21-12(18)11-9(2)16-14(22-11)17-13(19)15-8-10-4-6-20-7-5-10/h10H,3-8H2,1-2H3,(H2,15,16,17,19). The maximum Gasteiger partial charge on any atom is 0.350 e. The van der Waals surface area contributed by atoms with Crippen LogP contribution in [0.4, 0.5) is 9.93 Å². The number of thiazole rings is 1. The molecule has 2 heterocycles. The van der Waals surface area contributed by atoms with Crippen LogP contribution in [0.3, 0.4) is 0 Å². The second kappa shape index (κ2) is 8.09. The summed E-state index contributed by atoms with van der Waals surface area (Å²) in [6.45, 7) is 5.89. The first-order valence-corrected chi connectivity index (χ1v) is 8.19. The van der Waals surface area contributed by atoms with Gasteiger partial charge in [-0.15, -0.1) is 0 Å². The van der Waals surface area contributed by atoms with E-state index in [0.29, 0.717) is 34.8 Å². The normalized spacial score (nSPS) is 15.4. The number of nitrogens with zero attached hydrogens (tertiary/aromatic N) is 1. The Morgan fingerprint density at radius 3 is 2.82 bits per heavy atom. The van der Waals surface area contributed by atoms with Crippen LogP contribution in [-0.2, 0) is 9.47 Å². The molecule has 1 aromatic rings. The number of esters is 1. The van der Waals surface area contributed by atoms with Gasteiger partial charge in [0.2, 0.25) is 0 Å². The van der Waals surface area contributed by atoms with E-state index >= 15 is 0 Å². The topological polar surface area (TPSA) is 89.5 Å². The average Bonchev–Trinajstić information content (AvgIpc) is 2.87. The van der Waals surface area contributed by atoms with E-state index in [2.05, 4.69) is 15.6 Å². The first-order chi connectivity index (χ1) is 10.6. The molecular formula is C14H21N3O4S. The number of amides is 2. The molecule has 7 nitrogen and oxygen atoms in total. The third kappa shape index (κ3) is 4.67. The molecule has 0 saturated carbocycles. The van der Waals surface area contributed by atoms with E-state index in [0.717, 1.165) is 37.4 Å². The summed E-state index contributed by atoms with van der Waals surface area (Å²) in [6.07, 6.45) is 1.92. The Labute approximate surface area is 133 Å². The number of ether oxygens (including phenoxy) is 2. The average molecular weight is 327 g/mol. The second-order valence-corrected chi connectivity index (χ2v) is 6.04. The SMILES string of the molecule is CCOC(=O)c1sc(NC(=O)NCC2CCOCC2)nc1C. The number of urea groups is 1. The van der Waals surface area contributed by atoms with E-state index in [9.17, 15) is 9.59 Å². The Kier molecular flexibility index (Phi) is 6.14. The molecular weight excluding hydrogens is 306 g/mol. The summed E-state index contributed by atoms with van der Waals surface area (Å²) in [4.78, 5) is 28.2. The highest BCUT2D eigenvalue weighted by Gasteiger charge is 2.18. The van der Waals surface area contributed by atoms with Gasteiger partial charge < -0.3 is 14.8 Å². The number of rotatable bonds is 5. The molecule has 2 N–H and O–H groups in total. The van der Waals surface area contributed by atoms with Crippen molar-refractivity contribution >= 4 is 28.5 Å². The fourth-order valence-corrected chi connectivity index (χ4v) is 3.02. The van der Waals surface area contributed by atoms with Crippen LogP contribution >= 0.6 is 11.3 Å². The molecule has 1 fully saturated rings. The maximum atomic E-state index is 11.9. The van der Waals surface area contributed by atoms with E-state index in [-0.39, 0.29) is 6.03 Å². The van der Waals surface area contributed by atoms with E-state index in [1.54, 1.807) is 13.8 Å². The molecule has 2 rings (SSSR count). The lowest BCUT2D eigenvalue weighted by atomic mass is 10.0. The Bertz CT molecular complexity index is 526. The van der Waals surface area contributed by atoms with Gasteiger partial charge in [-0.1, -0.05) is 11.3 Å². The number of anilines is 1. The minimum Gasteiger partial charge on any atom is -0.462 e. The molecule has 1 saturated heterocycles. The molecule has 1 aliphatic rings. The first kappa shape index (κ1) is 16.7. The molecule has 8 heteroatoms. The summed E-state index contributed by atoms with van der Waals surface area (Å²) in [7, 11) is 0. The molecule has 0 atom stereocenters. The summed E-state index contributed by atoms with van der Waals surface area (Å²) in [6, 6.07) is -0.310. The Hall–Kier alpha value is -1.67. The molecule has 22 heavy (non-hydrogen) atoms. The molecule has 0 aromatic carbocycles. The van der Waals surface area contributed by atoms with Gasteiger partial charge in [0.1, 0.15) is 4.88 Å². The monoisotopic (exact) mass is 327 g/mol. The number of aryl methyl sites for hydroxylation is 1. The second-order valence-electron chi connectivity index (χ2n) is 5.04. The molecule has 0 unspecified atom stereocenters. The van der Waals surface area contributed by atoms with Crippen molar-refractivity contribution in [3.63, 3.8) is 0 Å². The predicted octanol–water partition coefficient (Wildman–Crippen LogP) is 2.18. The highest BCUT2D eigenvalue weighted by Crippen LogP contribution is 2.23. The maximum absolute atomic E-state index is 11.9. The van der Waals surface area contributed by atoms with Gasteiger partial charge in [-0.2, -0.15) is 0 Å². The van der Waals surface area contributed by atoms with Crippen LogP contribution in [0.25, 0.3) is 0 Å². The number of carbonyl (C=O) groups excluding carboxylic acids is 2. The first-order valence-electron chi connectivity index (χ1n) is 7.37. The fourth-order valence-electron chi connectivity index (χ4n) is 2.16. The van der Waals surface area contributed by atoms with Crippen LogP contribution in [0.1, 0.15) is 35.1 Å². The molecule has 0 spiro atoms. The van der Waals surface area contributed by atoms with Gasteiger partial charge in [0.05, 0.1) is 12.3 Å². The summed E-state index contributed by atoms with van der Waals surface area (Å²) in [5.41, 5.74) is 0.558.